The first-order valence-electron chi connectivity index (χ1n) is 30.8. The van der Waals surface area contributed by atoms with Gasteiger partial charge in [-0.3, -0.25) is 19.2 Å². The molecule has 0 radical (unpaired) electrons. The Morgan fingerprint density at radius 1 is 0.633 bits per heavy atom. The Labute approximate surface area is 526 Å². The van der Waals surface area contributed by atoms with Crippen molar-refractivity contribution >= 4 is 51.1 Å². The first-order chi connectivity index (χ1) is 40.1. The smallest absolute Gasteiger partial charge is 0.744 e. The van der Waals surface area contributed by atoms with E-state index in [1.165, 1.54) is 72.2 Å². The van der Waals surface area contributed by atoms with Gasteiger partial charge in [0.2, 0.25) is 5.71 Å². The number of allylic oxidation sites excluding steroid dienone is 8. The minimum atomic E-state index is -4.73. The normalized spacial score (nSPS) is 17.5. The van der Waals surface area contributed by atoms with Gasteiger partial charge >= 0.3 is 75.3 Å². The molecule has 1 aliphatic carbocycles. The number of anilines is 2. The average molecular weight is 1160 g/mol. The number of ether oxygens (including phenoxy) is 6. The molecule has 5 rings (SSSR count). The number of hydrogen-bond donors (Lipinski definition) is 0. The number of nitrogens with zero attached hydrogens (tertiary/aromatic N) is 3. The molecule has 0 saturated heterocycles. The number of methoxy groups -OCH3 is 4. The van der Waals surface area contributed by atoms with Gasteiger partial charge < -0.3 is 42.8 Å². The zero-order chi connectivity index (χ0) is 63.5. The van der Waals surface area contributed by atoms with Gasteiger partial charge in [-0.05, 0) is 99.4 Å². The molecule has 0 N–H and O–H groups in total. The van der Waals surface area contributed by atoms with E-state index in [0.717, 1.165) is 97.4 Å². The zero-order valence-corrected chi connectivity index (χ0v) is 53.5. The van der Waals surface area contributed by atoms with Gasteiger partial charge in [0.1, 0.15) is 23.3 Å². The predicted molar refractivity (Wildman–Crippen MR) is 310 cm³/mol. The standard InChI is InChI=1S/C57H79N3O13S.4CH4.K/c1-41-21-25-47-45(39-41)56(2,3)49(59(47)31-14-10-12-19-51(61)68-6)27-22-42-17-16-18-43(55(42)58(33-37-72-35-29-53(63)70-8)34-38-73-36-30-54(64)71-9)23-28-50-57(4,5)46-40-44(74(65,66)67)24-26-48(46)60(50)32-15-11-13-20-52(62)69-7;;;;;/h21-28,39-40H,10-20,29-38H2,1-9H3;4*1H4;/q;;;;;+1/i;2*1D2;2*1D;. The summed E-state index contributed by atoms with van der Waals surface area (Å²) in [5.41, 5.74) is 9.38. The molecule has 1 saturated carbocycles. The van der Waals surface area contributed by atoms with Crippen molar-refractivity contribution in [3.63, 3.8) is 0 Å². The van der Waals surface area contributed by atoms with Crippen LogP contribution in [0.4, 0.5) is 11.4 Å². The fourth-order valence-corrected chi connectivity index (χ4v) is 10.6. The fourth-order valence-electron chi connectivity index (χ4n) is 10.1. The van der Waals surface area contributed by atoms with Gasteiger partial charge in [-0.2, -0.15) is 0 Å². The summed E-state index contributed by atoms with van der Waals surface area (Å²) >= 11 is 0. The van der Waals surface area contributed by atoms with Crippen LogP contribution >= 0.6 is 0 Å². The number of unbranched alkanes of at least 4 members (excludes halogenated alkanes) is 4. The summed E-state index contributed by atoms with van der Waals surface area (Å²) in [6.07, 6.45) is 16.7. The minimum Gasteiger partial charge on any atom is -0.744 e. The molecular formula is C61H95KN3O13S+. The molecular weight excluding hydrogens is 1050 g/mol. The molecule has 2 aromatic carbocycles. The summed E-state index contributed by atoms with van der Waals surface area (Å²) in [4.78, 5) is 52.2. The molecule has 0 amide bonds. The number of benzene rings is 2. The molecule has 0 aromatic heterocycles. The summed E-state index contributed by atoms with van der Waals surface area (Å²) in [6.45, 7) is 13.9. The van der Waals surface area contributed by atoms with E-state index in [4.69, 9.17) is 36.6 Å². The Morgan fingerprint density at radius 2 is 1.04 bits per heavy atom. The van der Waals surface area contributed by atoms with E-state index in [-0.39, 0.29) is 126 Å². The quantitative estimate of drug-likeness (QED) is 0.0208. The number of carbonyl (C=O) groups is 4. The molecule has 16 nitrogen and oxygen atoms in total. The maximum Gasteiger partial charge on any atom is 1.00 e. The van der Waals surface area contributed by atoms with Crippen molar-refractivity contribution in [2.24, 2.45) is 0 Å². The van der Waals surface area contributed by atoms with Gasteiger partial charge in [0.15, 0.2) is 13.1 Å². The monoisotopic (exact) mass is 1150 g/mol. The predicted octanol–water partition coefficient (Wildman–Crippen LogP) is 8.23. The average Bonchev–Trinajstić information content (AvgIpc) is 1.72. The molecule has 18 heteroatoms. The van der Waals surface area contributed by atoms with Crippen LogP contribution in [0.2, 0.25) is 0 Å². The second kappa shape index (κ2) is 35.8. The topological polar surface area (TPSA) is 190 Å². The van der Waals surface area contributed by atoms with E-state index in [1.807, 2.05) is 13.8 Å². The van der Waals surface area contributed by atoms with E-state index in [1.54, 1.807) is 6.07 Å². The molecule has 2 heterocycles. The van der Waals surface area contributed by atoms with Crippen LogP contribution in [0.3, 0.4) is 0 Å². The molecule has 2 aliphatic heterocycles. The largest absolute Gasteiger partial charge is 1.00 e. The van der Waals surface area contributed by atoms with Gasteiger partial charge in [0.25, 0.3) is 0 Å². The zero-order valence-electron chi connectivity index (χ0n) is 55.6. The Hall–Kier alpha value is -3.98. The number of esters is 4. The van der Waals surface area contributed by atoms with Crippen LogP contribution < -0.4 is 61.2 Å². The van der Waals surface area contributed by atoms with Crippen LogP contribution in [0.25, 0.3) is 0 Å². The van der Waals surface area contributed by atoms with Gasteiger partial charge in [-0.15, -0.1) is 0 Å². The third-order valence-electron chi connectivity index (χ3n) is 14.2. The fraction of sp³-hybridized carbons (Fsp3) is 0.590. The molecule has 1 fully saturated rings. The minimum absolute atomic E-state index is 0. The Morgan fingerprint density at radius 3 is 1.46 bits per heavy atom. The first-order valence-corrected chi connectivity index (χ1v) is 27.3. The molecule has 79 heavy (non-hydrogen) atoms. The molecule has 0 bridgehead atoms. The van der Waals surface area contributed by atoms with Gasteiger partial charge in [-0.1, -0.05) is 99.9 Å². The van der Waals surface area contributed by atoms with Crippen molar-refractivity contribution in [3.8, 4) is 0 Å². The number of rotatable bonds is 27. The van der Waals surface area contributed by atoms with Crippen molar-refractivity contribution in [2.75, 3.05) is 90.8 Å². The molecule has 0 atom stereocenters. The Kier molecular flexibility index (Phi) is 29.1. The number of fused-ring (bicyclic) bond motifs is 2. The van der Waals surface area contributed by atoms with Crippen molar-refractivity contribution < 1.29 is 125 Å². The summed E-state index contributed by atoms with van der Waals surface area (Å²) in [6, 6.07) is 11.2. The second-order valence-corrected chi connectivity index (χ2v) is 21.4. The Bertz CT molecular complexity index is 2640. The molecule has 0 unspecified atom stereocenters. The summed E-state index contributed by atoms with van der Waals surface area (Å²) in [5, 5.41) is 0. The third kappa shape index (κ3) is 20.7. The van der Waals surface area contributed by atoms with Crippen LogP contribution in [0.5, 0.6) is 0 Å². The second-order valence-electron chi connectivity index (χ2n) is 20.0. The number of aryl methyl sites for hydroxylation is 1. The molecule has 438 valence electrons. The van der Waals surface area contributed by atoms with Crippen LogP contribution in [0.15, 0.2) is 88.1 Å². The number of carbonyl (C=O) groups excluding carboxylic acids is 4. The maximum atomic E-state index is 12.3. The summed E-state index contributed by atoms with van der Waals surface area (Å²) in [7, 11) is 2.77. The van der Waals surface area contributed by atoms with Crippen molar-refractivity contribution in [1.29, 1.82) is 0 Å². The summed E-state index contributed by atoms with van der Waals surface area (Å²) in [5.74, 6) is -1.19. The van der Waals surface area contributed by atoms with E-state index >= 15 is 0 Å². The van der Waals surface area contributed by atoms with Gasteiger partial charge in [0, 0.05) is 78.9 Å². The van der Waals surface area contributed by atoms with Crippen molar-refractivity contribution in [2.45, 2.75) is 163 Å². The molecule has 2 aromatic rings. The van der Waals surface area contributed by atoms with E-state index in [2.05, 4.69) is 77.6 Å². The van der Waals surface area contributed by atoms with E-state index in [9.17, 15) is 32.1 Å². The van der Waals surface area contributed by atoms with Crippen LogP contribution in [-0.2, 0) is 68.5 Å². The van der Waals surface area contributed by atoms with Crippen LogP contribution in [-0.4, -0.2) is 128 Å². The maximum absolute atomic E-state index is 12.3. The van der Waals surface area contributed by atoms with E-state index in [0.29, 0.717) is 52.1 Å². The van der Waals surface area contributed by atoms with E-state index < -0.39 is 15.5 Å². The molecule has 3 aliphatic rings. The Balaban J connectivity index is 0.00000602. The van der Waals surface area contributed by atoms with Crippen molar-refractivity contribution in [1.82, 2.24) is 0 Å². The van der Waals surface area contributed by atoms with Crippen molar-refractivity contribution in [3.05, 3.63) is 99.9 Å². The first kappa shape index (κ1) is 64.2. The van der Waals surface area contributed by atoms with Crippen LogP contribution in [0, 0.1) is 6.92 Å². The summed E-state index contributed by atoms with van der Waals surface area (Å²) < 4.78 is 106. The third-order valence-corrected chi connectivity index (χ3v) is 15.1. The molecule has 0 spiro atoms. The van der Waals surface area contributed by atoms with Gasteiger partial charge in [-0.25, -0.2) is 13.0 Å². The van der Waals surface area contributed by atoms with Crippen LogP contribution in [0.1, 0.15) is 166 Å². The SMILES string of the molecule is COC(=O)CCCCCN1C(=CC=C2CCC/C(=C\C=C3\N(CCCCCC(=O)OC)c4ccc(S(=O)(=O)[O-])cc4C3(C)C)C2=[N+](CCOCCC(=O)OC)CCOCCC(=O)OC)C(C)(C)c2cc(C)ccc21.[2H]C.[2H]C.[2H]C[2H].[2H]C[2H].[K+]. The number of hydrogen-bond acceptors (Lipinski definition) is 15. The van der Waals surface area contributed by atoms with Gasteiger partial charge in [0.05, 0.1) is 59.4 Å².